The molecule has 1 rings (SSSR count). The standard InChI is InChI=1S/C14H22ClNO/c15-14-8-6-13(7-9-14)5-4-12-17-11-3-1-2-10-16/h6-9H,1-5,10-12,16H2. The van der Waals surface area contributed by atoms with Gasteiger partial charge in [-0.05, 0) is 56.3 Å². The van der Waals surface area contributed by atoms with E-state index in [2.05, 4.69) is 12.1 Å². The van der Waals surface area contributed by atoms with Gasteiger partial charge in [0.05, 0.1) is 0 Å². The van der Waals surface area contributed by atoms with Crippen LogP contribution in [0.15, 0.2) is 24.3 Å². The van der Waals surface area contributed by atoms with Crippen LogP contribution in [0.5, 0.6) is 0 Å². The molecule has 3 heteroatoms. The number of ether oxygens (including phenoxy) is 1. The van der Waals surface area contributed by atoms with E-state index in [1.165, 1.54) is 12.0 Å². The zero-order valence-corrected chi connectivity index (χ0v) is 11.1. The van der Waals surface area contributed by atoms with Crippen molar-refractivity contribution in [2.75, 3.05) is 19.8 Å². The topological polar surface area (TPSA) is 35.2 Å². The van der Waals surface area contributed by atoms with E-state index in [9.17, 15) is 0 Å². The quantitative estimate of drug-likeness (QED) is 0.687. The summed E-state index contributed by atoms with van der Waals surface area (Å²) in [5.41, 5.74) is 6.74. The molecule has 0 saturated heterocycles. The molecule has 17 heavy (non-hydrogen) atoms. The van der Waals surface area contributed by atoms with Gasteiger partial charge in [-0.1, -0.05) is 23.7 Å². The Hall–Kier alpha value is -0.570. The summed E-state index contributed by atoms with van der Waals surface area (Å²) in [7, 11) is 0. The lowest BCUT2D eigenvalue weighted by molar-refractivity contribution is 0.128. The van der Waals surface area contributed by atoms with Gasteiger partial charge in [0.25, 0.3) is 0 Å². The molecule has 0 fully saturated rings. The second-order valence-electron chi connectivity index (χ2n) is 4.19. The zero-order valence-electron chi connectivity index (χ0n) is 10.3. The van der Waals surface area contributed by atoms with E-state index in [0.717, 1.165) is 50.5 Å². The van der Waals surface area contributed by atoms with Crippen LogP contribution < -0.4 is 5.73 Å². The molecule has 1 aromatic rings. The fourth-order valence-corrected chi connectivity index (χ4v) is 1.78. The maximum Gasteiger partial charge on any atom is 0.0469 e. The zero-order chi connectivity index (χ0) is 12.3. The van der Waals surface area contributed by atoms with E-state index in [-0.39, 0.29) is 0 Å². The highest BCUT2D eigenvalue weighted by Crippen LogP contribution is 2.10. The predicted octanol–water partition coefficient (Wildman–Crippen LogP) is 3.42. The van der Waals surface area contributed by atoms with Crippen molar-refractivity contribution in [3.63, 3.8) is 0 Å². The molecule has 0 aromatic heterocycles. The summed E-state index contributed by atoms with van der Waals surface area (Å²) < 4.78 is 5.56. The average Bonchev–Trinajstić information content (AvgIpc) is 2.35. The Morgan fingerprint density at radius 1 is 0.941 bits per heavy atom. The van der Waals surface area contributed by atoms with Gasteiger partial charge in [-0.15, -0.1) is 0 Å². The van der Waals surface area contributed by atoms with Crippen molar-refractivity contribution in [2.45, 2.75) is 32.1 Å². The Labute approximate surface area is 109 Å². The van der Waals surface area contributed by atoms with Crippen LogP contribution in [0.3, 0.4) is 0 Å². The molecule has 2 nitrogen and oxygen atoms in total. The normalized spacial score (nSPS) is 10.7. The molecular formula is C14H22ClNO. The fourth-order valence-electron chi connectivity index (χ4n) is 1.66. The Morgan fingerprint density at radius 2 is 1.65 bits per heavy atom. The van der Waals surface area contributed by atoms with Crippen LogP contribution in [0.4, 0.5) is 0 Å². The van der Waals surface area contributed by atoms with Gasteiger partial charge in [0, 0.05) is 18.2 Å². The van der Waals surface area contributed by atoms with Gasteiger partial charge < -0.3 is 10.5 Å². The Kier molecular flexibility index (Phi) is 8.06. The number of nitrogens with two attached hydrogens (primary N) is 1. The number of aryl methyl sites for hydroxylation is 1. The molecule has 0 radical (unpaired) electrons. The first kappa shape index (κ1) is 14.5. The summed E-state index contributed by atoms with van der Waals surface area (Å²) in [5.74, 6) is 0. The van der Waals surface area contributed by atoms with Gasteiger partial charge in [-0.3, -0.25) is 0 Å². The van der Waals surface area contributed by atoms with E-state index in [1.54, 1.807) is 0 Å². The summed E-state index contributed by atoms with van der Waals surface area (Å²) in [6, 6.07) is 8.02. The molecule has 0 heterocycles. The molecule has 0 bridgehead atoms. The van der Waals surface area contributed by atoms with Gasteiger partial charge in [0.1, 0.15) is 0 Å². The second kappa shape index (κ2) is 9.46. The van der Waals surface area contributed by atoms with Crippen molar-refractivity contribution >= 4 is 11.6 Å². The molecule has 0 spiro atoms. The number of halogens is 1. The Bertz CT molecular complexity index is 287. The minimum atomic E-state index is 0.788. The van der Waals surface area contributed by atoms with Gasteiger partial charge in [0.2, 0.25) is 0 Å². The van der Waals surface area contributed by atoms with Crippen molar-refractivity contribution < 1.29 is 4.74 Å². The van der Waals surface area contributed by atoms with Crippen LogP contribution in [0.1, 0.15) is 31.2 Å². The smallest absolute Gasteiger partial charge is 0.0469 e. The largest absolute Gasteiger partial charge is 0.381 e. The minimum absolute atomic E-state index is 0.788. The van der Waals surface area contributed by atoms with Crippen molar-refractivity contribution in [1.82, 2.24) is 0 Å². The van der Waals surface area contributed by atoms with E-state index in [0.29, 0.717) is 0 Å². The van der Waals surface area contributed by atoms with Crippen molar-refractivity contribution in [1.29, 1.82) is 0 Å². The van der Waals surface area contributed by atoms with Crippen LogP contribution in [0, 0.1) is 0 Å². The molecule has 96 valence electrons. The lowest BCUT2D eigenvalue weighted by Gasteiger charge is -2.04. The van der Waals surface area contributed by atoms with E-state index < -0.39 is 0 Å². The number of hydrogen-bond donors (Lipinski definition) is 1. The SMILES string of the molecule is NCCCCCOCCCc1ccc(Cl)cc1. The number of unbranched alkanes of at least 4 members (excludes halogenated alkanes) is 2. The summed E-state index contributed by atoms with van der Waals surface area (Å²) in [4.78, 5) is 0. The maximum atomic E-state index is 5.82. The molecule has 0 aliphatic rings. The molecule has 0 amide bonds. The summed E-state index contributed by atoms with van der Waals surface area (Å²) >= 11 is 5.82. The van der Waals surface area contributed by atoms with Crippen LogP contribution >= 0.6 is 11.6 Å². The third-order valence-corrected chi connectivity index (χ3v) is 2.91. The fraction of sp³-hybridized carbons (Fsp3) is 0.571. The number of rotatable bonds is 9. The summed E-state index contributed by atoms with van der Waals surface area (Å²) in [6.45, 7) is 2.49. The summed E-state index contributed by atoms with van der Waals surface area (Å²) in [5, 5.41) is 0.796. The van der Waals surface area contributed by atoms with Gasteiger partial charge >= 0.3 is 0 Å². The molecule has 0 saturated carbocycles. The lowest BCUT2D eigenvalue weighted by Crippen LogP contribution is -2.01. The third kappa shape index (κ3) is 7.37. The summed E-state index contributed by atoms with van der Waals surface area (Å²) in [6.07, 6.45) is 5.53. The first-order valence-corrected chi connectivity index (χ1v) is 6.73. The highest BCUT2D eigenvalue weighted by atomic mass is 35.5. The number of benzene rings is 1. The van der Waals surface area contributed by atoms with Crippen LogP contribution in [0.25, 0.3) is 0 Å². The monoisotopic (exact) mass is 255 g/mol. The first-order chi connectivity index (χ1) is 8.33. The van der Waals surface area contributed by atoms with Crippen LogP contribution in [0.2, 0.25) is 5.02 Å². The maximum absolute atomic E-state index is 5.82. The van der Waals surface area contributed by atoms with Gasteiger partial charge in [-0.25, -0.2) is 0 Å². The first-order valence-electron chi connectivity index (χ1n) is 6.35. The van der Waals surface area contributed by atoms with Crippen molar-refractivity contribution in [2.24, 2.45) is 5.73 Å². The van der Waals surface area contributed by atoms with Crippen LogP contribution in [-0.4, -0.2) is 19.8 Å². The van der Waals surface area contributed by atoms with Crippen LogP contribution in [-0.2, 0) is 11.2 Å². The second-order valence-corrected chi connectivity index (χ2v) is 4.63. The van der Waals surface area contributed by atoms with E-state index in [1.807, 2.05) is 12.1 Å². The Morgan fingerprint density at radius 3 is 2.35 bits per heavy atom. The molecular weight excluding hydrogens is 234 g/mol. The highest BCUT2D eigenvalue weighted by Gasteiger charge is 1.94. The van der Waals surface area contributed by atoms with Gasteiger partial charge in [0.15, 0.2) is 0 Å². The highest BCUT2D eigenvalue weighted by molar-refractivity contribution is 6.30. The lowest BCUT2D eigenvalue weighted by atomic mass is 10.1. The minimum Gasteiger partial charge on any atom is -0.381 e. The van der Waals surface area contributed by atoms with Crippen molar-refractivity contribution in [3.8, 4) is 0 Å². The van der Waals surface area contributed by atoms with Crippen molar-refractivity contribution in [3.05, 3.63) is 34.9 Å². The predicted molar refractivity (Wildman–Crippen MR) is 73.5 cm³/mol. The molecule has 0 aliphatic carbocycles. The molecule has 1 aromatic carbocycles. The molecule has 0 unspecified atom stereocenters. The number of hydrogen-bond acceptors (Lipinski definition) is 2. The Balaban J connectivity index is 1.95. The van der Waals surface area contributed by atoms with E-state index in [4.69, 9.17) is 22.1 Å². The molecule has 2 N–H and O–H groups in total. The third-order valence-electron chi connectivity index (χ3n) is 2.66. The molecule has 0 atom stereocenters. The molecule has 0 aliphatic heterocycles. The van der Waals surface area contributed by atoms with Gasteiger partial charge in [-0.2, -0.15) is 0 Å². The van der Waals surface area contributed by atoms with E-state index >= 15 is 0 Å². The average molecular weight is 256 g/mol.